The molecule has 1 aromatic carbocycles. The maximum Gasteiger partial charge on any atom is 0.358 e. The van der Waals surface area contributed by atoms with Crippen molar-refractivity contribution in [3.05, 3.63) is 35.9 Å². The van der Waals surface area contributed by atoms with E-state index in [1.54, 1.807) is 52.0 Å². The Morgan fingerprint density at radius 2 is 1.84 bits per heavy atom. The molecule has 0 unspecified atom stereocenters. The summed E-state index contributed by atoms with van der Waals surface area (Å²) in [6.45, 7) is 7.40. The summed E-state index contributed by atoms with van der Waals surface area (Å²) in [7, 11) is -1.50. The van der Waals surface area contributed by atoms with Gasteiger partial charge in [0, 0.05) is 5.56 Å². The van der Waals surface area contributed by atoms with Gasteiger partial charge >= 0.3 is 5.97 Å². The molecule has 0 fully saturated rings. The van der Waals surface area contributed by atoms with Crippen LogP contribution < -0.4 is 0 Å². The van der Waals surface area contributed by atoms with E-state index in [-0.39, 0.29) is 12.3 Å². The summed E-state index contributed by atoms with van der Waals surface area (Å²) in [6.07, 6.45) is 0. The van der Waals surface area contributed by atoms with Gasteiger partial charge in [-0.15, -0.1) is 0 Å². The number of hydrogen-bond acceptors (Lipinski definition) is 3. The minimum Gasteiger partial charge on any atom is -0.461 e. The molecule has 1 rings (SSSR count). The molecule has 0 N–H and O–H groups in total. The van der Waals surface area contributed by atoms with E-state index in [2.05, 4.69) is 4.40 Å². The molecule has 0 aliphatic rings. The lowest BCUT2D eigenvalue weighted by Crippen LogP contribution is -2.25. The lowest BCUT2D eigenvalue weighted by Gasteiger charge is -2.14. The molecule has 0 spiro atoms. The molecule has 19 heavy (non-hydrogen) atoms. The predicted molar refractivity (Wildman–Crippen MR) is 77.5 cm³/mol. The van der Waals surface area contributed by atoms with Crippen LogP contribution in [0.5, 0.6) is 0 Å². The molecule has 0 bridgehead atoms. The van der Waals surface area contributed by atoms with E-state index < -0.39 is 21.7 Å². The summed E-state index contributed by atoms with van der Waals surface area (Å²) in [5, 5.41) is 0. The molecule has 0 heterocycles. The number of rotatable bonds is 4. The molecule has 0 aromatic heterocycles. The van der Waals surface area contributed by atoms with E-state index >= 15 is 0 Å². The maximum atomic E-state index is 12.1. The fourth-order valence-electron chi connectivity index (χ4n) is 1.22. The van der Waals surface area contributed by atoms with Crippen molar-refractivity contribution in [2.24, 2.45) is 4.40 Å². The zero-order chi connectivity index (χ0) is 14.5. The van der Waals surface area contributed by atoms with Crippen molar-refractivity contribution >= 4 is 22.7 Å². The van der Waals surface area contributed by atoms with Crippen LogP contribution in [0.25, 0.3) is 0 Å². The first-order valence-electron chi connectivity index (χ1n) is 6.09. The summed E-state index contributed by atoms with van der Waals surface area (Å²) in [4.78, 5) is 11.9. The van der Waals surface area contributed by atoms with Crippen LogP contribution in [0, 0.1) is 0 Å². The average molecular weight is 281 g/mol. The number of nitrogens with zero attached hydrogens (tertiary/aromatic N) is 1. The number of esters is 1. The first-order chi connectivity index (χ1) is 8.86. The first-order valence-corrected chi connectivity index (χ1v) is 7.20. The summed E-state index contributed by atoms with van der Waals surface area (Å²) in [6, 6.07) is 8.92. The van der Waals surface area contributed by atoms with Gasteiger partial charge in [-0.05, 0) is 27.7 Å². The topological polar surface area (TPSA) is 55.7 Å². The third-order valence-electron chi connectivity index (χ3n) is 2.21. The molecule has 104 valence electrons. The second-order valence-electron chi connectivity index (χ2n) is 4.89. The normalized spacial score (nSPS) is 14.0. The van der Waals surface area contributed by atoms with E-state index in [1.807, 2.05) is 6.07 Å². The van der Waals surface area contributed by atoms with Gasteiger partial charge in [-0.3, -0.25) is 0 Å². The number of carbonyl (C=O) groups is 1. The van der Waals surface area contributed by atoms with Crippen molar-refractivity contribution in [3.8, 4) is 0 Å². The van der Waals surface area contributed by atoms with Gasteiger partial charge in [0.1, 0.15) is 11.0 Å². The van der Waals surface area contributed by atoms with Crippen molar-refractivity contribution in [1.29, 1.82) is 0 Å². The average Bonchev–Trinajstić information content (AvgIpc) is 2.35. The lowest BCUT2D eigenvalue weighted by atomic mass is 10.1. The Labute approximate surface area is 116 Å². The Morgan fingerprint density at radius 3 is 2.32 bits per heavy atom. The van der Waals surface area contributed by atoms with Crippen molar-refractivity contribution < 1.29 is 13.7 Å². The van der Waals surface area contributed by atoms with Crippen molar-refractivity contribution in [1.82, 2.24) is 0 Å². The molecule has 0 radical (unpaired) electrons. The monoisotopic (exact) mass is 281 g/mol. The molecule has 0 amide bonds. The SMILES string of the molecule is CCOC(=O)/C(=N\[S@](=O)C(C)(C)C)c1ccccc1. The highest BCUT2D eigenvalue weighted by Gasteiger charge is 2.23. The van der Waals surface area contributed by atoms with Gasteiger partial charge in [0.05, 0.1) is 11.4 Å². The molecule has 1 aromatic rings. The van der Waals surface area contributed by atoms with Gasteiger partial charge in [0.15, 0.2) is 5.71 Å². The number of carbonyl (C=O) groups excluding carboxylic acids is 1. The molecular formula is C14H19NO3S. The minimum atomic E-state index is -1.50. The fraction of sp³-hybridized carbons (Fsp3) is 0.429. The van der Waals surface area contributed by atoms with Gasteiger partial charge in [0.25, 0.3) is 0 Å². The third kappa shape index (κ3) is 4.59. The number of ether oxygens (including phenoxy) is 1. The molecular weight excluding hydrogens is 262 g/mol. The maximum absolute atomic E-state index is 12.1. The summed E-state index contributed by atoms with van der Waals surface area (Å²) >= 11 is 0. The van der Waals surface area contributed by atoms with Crippen LogP contribution in [0.3, 0.4) is 0 Å². The van der Waals surface area contributed by atoms with Gasteiger partial charge in [-0.1, -0.05) is 30.3 Å². The summed E-state index contributed by atoms with van der Waals surface area (Å²) in [5.74, 6) is -0.550. The van der Waals surface area contributed by atoms with Crippen LogP contribution in [-0.2, 0) is 20.5 Å². The van der Waals surface area contributed by atoms with Crippen LogP contribution in [0.2, 0.25) is 0 Å². The van der Waals surface area contributed by atoms with E-state index in [0.29, 0.717) is 5.56 Å². The lowest BCUT2D eigenvalue weighted by molar-refractivity contribution is -0.134. The Hall–Kier alpha value is -1.49. The number of hydrogen-bond donors (Lipinski definition) is 0. The van der Waals surface area contributed by atoms with Gasteiger partial charge in [-0.25, -0.2) is 9.00 Å². The van der Waals surface area contributed by atoms with Crippen LogP contribution in [0.4, 0.5) is 0 Å². The van der Waals surface area contributed by atoms with Crippen molar-refractivity contribution in [2.45, 2.75) is 32.4 Å². The molecule has 5 heteroatoms. The Bertz CT molecular complexity index is 489. The van der Waals surface area contributed by atoms with Gasteiger partial charge in [-0.2, -0.15) is 4.40 Å². The highest BCUT2D eigenvalue weighted by atomic mass is 32.2. The smallest absolute Gasteiger partial charge is 0.358 e. The minimum absolute atomic E-state index is 0.107. The number of benzene rings is 1. The van der Waals surface area contributed by atoms with Gasteiger partial charge < -0.3 is 4.74 Å². The van der Waals surface area contributed by atoms with E-state index in [4.69, 9.17) is 4.74 Å². The second kappa shape index (κ2) is 6.61. The predicted octanol–water partition coefficient (Wildman–Crippen LogP) is 2.50. The van der Waals surface area contributed by atoms with E-state index in [9.17, 15) is 9.00 Å². The van der Waals surface area contributed by atoms with Crippen LogP contribution >= 0.6 is 0 Å². The highest BCUT2D eigenvalue weighted by molar-refractivity contribution is 7.85. The van der Waals surface area contributed by atoms with E-state index in [1.165, 1.54) is 0 Å². The van der Waals surface area contributed by atoms with Crippen LogP contribution in [0.15, 0.2) is 34.7 Å². The van der Waals surface area contributed by atoms with Gasteiger partial charge in [0.2, 0.25) is 0 Å². The molecule has 0 aliphatic heterocycles. The molecule has 0 aliphatic carbocycles. The molecule has 0 saturated carbocycles. The largest absolute Gasteiger partial charge is 0.461 e. The molecule has 4 nitrogen and oxygen atoms in total. The van der Waals surface area contributed by atoms with E-state index in [0.717, 1.165) is 0 Å². The summed E-state index contributed by atoms with van der Waals surface area (Å²) < 4.78 is 20.6. The Kier molecular flexibility index (Phi) is 5.42. The second-order valence-corrected chi connectivity index (χ2v) is 6.79. The highest BCUT2D eigenvalue weighted by Crippen LogP contribution is 2.14. The Balaban J connectivity index is 3.18. The zero-order valence-electron chi connectivity index (χ0n) is 11.7. The quantitative estimate of drug-likeness (QED) is 0.629. The van der Waals surface area contributed by atoms with Crippen molar-refractivity contribution in [3.63, 3.8) is 0 Å². The Morgan fingerprint density at radius 1 is 1.26 bits per heavy atom. The fourth-order valence-corrected chi connectivity index (χ4v) is 1.84. The van der Waals surface area contributed by atoms with Crippen LogP contribution in [-0.4, -0.2) is 27.2 Å². The zero-order valence-corrected chi connectivity index (χ0v) is 12.5. The molecule has 1 atom stereocenters. The third-order valence-corrected chi connectivity index (χ3v) is 3.61. The standard InChI is InChI=1S/C14H19NO3S/c1-5-18-13(16)12(11-9-7-6-8-10-11)15-19(17)14(2,3)4/h6-10H,5H2,1-4H3/b15-12-/t19-/m1/s1. The summed E-state index contributed by atoms with van der Waals surface area (Å²) in [5.41, 5.74) is 0.717. The van der Waals surface area contributed by atoms with Crippen molar-refractivity contribution in [2.75, 3.05) is 6.61 Å². The first kappa shape index (κ1) is 15.6. The van der Waals surface area contributed by atoms with Crippen LogP contribution in [0.1, 0.15) is 33.3 Å². The molecule has 0 saturated heterocycles.